The van der Waals surface area contributed by atoms with Crippen LogP contribution in [0.4, 0.5) is 4.39 Å². The number of aromatic amines is 1. The van der Waals surface area contributed by atoms with Gasteiger partial charge < -0.3 is 34.6 Å². The van der Waals surface area contributed by atoms with Crippen LogP contribution in [0.3, 0.4) is 0 Å². The summed E-state index contributed by atoms with van der Waals surface area (Å²) in [6, 6.07) is 12.1. The number of fused-ring (bicyclic) bond motifs is 5. The number of carbonyl (C=O) groups excluding carboxylic acids is 1. The third kappa shape index (κ3) is 4.56. The number of hydrogen-bond acceptors (Lipinski definition) is 7. The molecule has 254 valence electrons. The van der Waals surface area contributed by atoms with Crippen LogP contribution in [0.5, 0.6) is 5.75 Å². The number of carbonyl (C=O) groups is 2. The van der Waals surface area contributed by atoms with Crippen molar-refractivity contribution in [1.82, 2.24) is 29.0 Å². The SMILES string of the molecule is COc1cc(C(=O)N2CC3CCC2C3N)cc2nc(-c3cc4ccc(-c5cc(F)c6[nH]cc(C(=O)O)c(=O)c6c5)nc4n3CC3CC3)n(C)c12. The number of halogens is 1. The van der Waals surface area contributed by atoms with Gasteiger partial charge in [-0.3, -0.25) is 9.59 Å². The summed E-state index contributed by atoms with van der Waals surface area (Å²) in [6.07, 6.45) is 5.17. The van der Waals surface area contributed by atoms with Crippen LogP contribution in [-0.2, 0) is 13.6 Å². The maximum absolute atomic E-state index is 15.3. The van der Waals surface area contributed by atoms with E-state index in [1.54, 1.807) is 19.2 Å². The zero-order chi connectivity index (χ0) is 34.6. The predicted molar refractivity (Wildman–Crippen MR) is 185 cm³/mol. The highest BCUT2D eigenvalue weighted by Crippen LogP contribution is 2.40. The second-order valence-electron chi connectivity index (χ2n) is 13.9. The molecule has 3 fully saturated rings. The molecule has 6 aromatic rings. The highest BCUT2D eigenvalue weighted by molar-refractivity contribution is 6.01. The van der Waals surface area contributed by atoms with Crippen molar-refractivity contribution in [1.29, 1.82) is 0 Å². The van der Waals surface area contributed by atoms with Crippen molar-refractivity contribution >= 4 is 44.8 Å². The number of carboxylic acid groups (broad SMARTS) is 1. The molecule has 1 amide bonds. The monoisotopic (exact) mass is 675 g/mol. The molecule has 2 bridgehead atoms. The van der Waals surface area contributed by atoms with Crippen LogP contribution >= 0.6 is 0 Å². The fraction of sp³-hybridized carbons (Fsp3) is 0.324. The van der Waals surface area contributed by atoms with Gasteiger partial charge in [-0.05, 0) is 80.0 Å². The average molecular weight is 676 g/mol. The van der Waals surface area contributed by atoms with Gasteiger partial charge in [-0.25, -0.2) is 19.2 Å². The summed E-state index contributed by atoms with van der Waals surface area (Å²) in [5, 5.41) is 10.2. The minimum atomic E-state index is -1.39. The number of aromatic nitrogens is 5. The van der Waals surface area contributed by atoms with Gasteiger partial charge >= 0.3 is 5.97 Å². The Morgan fingerprint density at radius 1 is 1.10 bits per heavy atom. The van der Waals surface area contributed by atoms with E-state index in [1.165, 1.54) is 12.1 Å². The average Bonchev–Trinajstić information content (AvgIpc) is 3.51. The number of nitrogens with zero attached hydrogens (tertiary/aromatic N) is 5. The van der Waals surface area contributed by atoms with Crippen molar-refractivity contribution in [3.05, 3.63) is 75.8 Å². The third-order valence-electron chi connectivity index (χ3n) is 10.9. The number of nitrogens with two attached hydrogens (primary N) is 1. The fourth-order valence-electron chi connectivity index (χ4n) is 8.08. The van der Waals surface area contributed by atoms with E-state index < -0.39 is 22.8 Å². The van der Waals surface area contributed by atoms with Gasteiger partial charge in [0.25, 0.3) is 5.91 Å². The highest BCUT2D eigenvalue weighted by Gasteiger charge is 2.47. The Morgan fingerprint density at radius 3 is 2.62 bits per heavy atom. The molecular formula is C37H34FN7O5. The Labute approximate surface area is 284 Å². The topological polar surface area (TPSA) is 161 Å². The molecule has 2 aromatic carbocycles. The number of piperidine rings is 1. The number of ether oxygens (including phenoxy) is 1. The number of methoxy groups -OCH3 is 1. The second-order valence-corrected chi connectivity index (χ2v) is 13.9. The van der Waals surface area contributed by atoms with Crippen molar-refractivity contribution < 1.29 is 23.8 Å². The van der Waals surface area contributed by atoms with Crippen LogP contribution < -0.4 is 15.9 Å². The minimum absolute atomic E-state index is 0.0151. The van der Waals surface area contributed by atoms with Crippen LogP contribution in [-0.4, -0.2) is 71.7 Å². The quantitative estimate of drug-likeness (QED) is 0.215. The Bertz CT molecular complexity index is 2500. The molecule has 3 aliphatic rings. The zero-order valence-corrected chi connectivity index (χ0v) is 27.4. The maximum Gasteiger partial charge on any atom is 0.341 e. The largest absolute Gasteiger partial charge is 0.494 e. The molecule has 0 spiro atoms. The van der Waals surface area contributed by atoms with E-state index in [-0.39, 0.29) is 28.9 Å². The molecule has 4 N–H and O–H groups in total. The van der Waals surface area contributed by atoms with Gasteiger partial charge in [0.15, 0.2) is 5.82 Å². The number of nitrogens with one attached hydrogen (secondary N) is 1. The lowest BCUT2D eigenvalue weighted by atomic mass is 10.0. The molecular weight excluding hydrogens is 641 g/mol. The van der Waals surface area contributed by atoms with E-state index in [0.29, 0.717) is 64.5 Å². The summed E-state index contributed by atoms with van der Waals surface area (Å²) in [6.45, 7) is 1.37. The van der Waals surface area contributed by atoms with Crippen LogP contribution in [0.1, 0.15) is 46.4 Å². The van der Waals surface area contributed by atoms with Gasteiger partial charge in [-0.15, -0.1) is 0 Å². The first kappa shape index (κ1) is 30.5. The van der Waals surface area contributed by atoms with E-state index in [4.69, 9.17) is 20.4 Å². The van der Waals surface area contributed by atoms with Gasteiger partial charge in [0, 0.05) is 54.9 Å². The Kier molecular flexibility index (Phi) is 6.69. The summed E-state index contributed by atoms with van der Waals surface area (Å²) in [5.41, 5.74) is 9.30. The fourth-order valence-corrected chi connectivity index (χ4v) is 8.08. The molecule has 13 heteroatoms. The van der Waals surface area contributed by atoms with E-state index in [0.717, 1.165) is 48.5 Å². The smallest absolute Gasteiger partial charge is 0.341 e. The molecule has 0 radical (unpaired) electrons. The minimum Gasteiger partial charge on any atom is -0.494 e. The van der Waals surface area contributed by atoms with E-state index in [1.807, 2.05) is 34.7 Å². The molecule has 1 aliphatic heterocycles. The van der Waals surface area contributed by atoms with Gasteiger partial charge in [-0.2, -0.15) is 0 Å². The molecule has 2 saturated carbocycles. The molecule has 9 rings (SSSR count). The molecule has 50 heavy (non-hydrogen) atoms. The normalized spacial score (nSPS) is 20.1. The second kappa shape index (κ2) is 11.0. The van der Waals surface area contributed by atoms with Crippen molar-refractivity contribution in [3.8, 4) is 28.5 Å². The number of aromatic carboxylic acids is 1. The molecule has 12 nitrogen and oxygen atoms in total. The molecule has 3 unspecified atom stereocenters. The Balaban J connectivity index is 1.16. The van der Waals surface area contributed by atoms with Gasteiger partial charge in [-0.1, -0.05) is 0 Å². The first-order valence-electron chi connectivity index (χ1n) is 16.8. The number of rotatable bonds is 7. The predicted octanol–water partition coefficient (Wildman–Crippen LogP) is 4.92. The molecule has 4 aromatic heterocycles. The maximum atomic E-state index is 15.3. The summed E-state index contributed by atoms with van der Waals surface area (Å²) in [5.74, 6) is -0.113. The number of pyridine rings is 2. The van der Waals surface area contributed by atoms with Gasteiger partial charge in [0.05, 0.1) is 34.9 Å². The standard InChI is InChI=1S/C37H34FN7O5/c1-43-32-26(11-21(13-29(32)50-2)36(47)45-16-19-6-8-27(45)30(19)39)42-35(43)28-12-18-5-7-25(41-34(18)44(28)15-17-3-4-17)20-9-22-31(24(38)10-20)40-14-23(33(22)46)37(48)49/h5,7,9-14,17,19,27,30H,3-4,6,8,15-16,39H2,1-2H3,(H,40,46)(H,48,49). The van der Waals surface area contributed by atoms with Gasteiger partial charge in [0.2, 0.25) is 5.43 Å². The van der Waals surface area contributed by atoms with Crippen LogP contribution in [0.2, 0.25) is 0 Å². The van der Waals surface area contributed by atoms with Crippen LogP contribution in [0, 0.1) is 17.7 Å². The number of amides is 1. The lowest BCUT2D eigenvalue weighted by Gasteiger charge is -2.27. The van der Waals surface area contributed by atoms with Crippen molar-refractivity contribution in [2.75, 3.05) is 13.7 Å². The molecule has 3 atom stereocenters. The molecule has 2 aliphatic carbocycles. The van der Waals surface area contributed by atoms with E-state index >= 15 is 4.39 Å². The highest BCUT2D eigenvalue weighted by atomic mass is 19.1. The number of imidazole rings is 1. The van der Waals surface area contributed by atoms with Crippen molar-refractivity contribution in [3.63, 3.8) is 0 Å². The van der Waals surface area contributed by atoms with Crippen LogP contribution in [0.25, 0.3) is 55.7 Å². The summed E-state index contributed by atoms with van der Waals surface area (Å²) >= 11 is 0. The van der Waals surface area contributed by atoms with E-state index in [2.05, 4.69) is 9.55 Å². The Morgan fingerprint density at radius 2 is 1.92 bits per heavy atom. The zero-order valence-electron chi connectivity index (χ0n) is 27.4. The lowest BCUT2D eigenvalue weighted by Crippen LogP contribution is -2.41. The molecule has 1 saturated heterocycles. The van der Waals surface area contributed by atoms with Gasteiger partial charge in [0.1, 0.15) is 28.3 Å². The Hall–Kier alpha value is -5.56. The number of hydrogen-bond donors (Lipinski definition) is 3. The molecule has 5 heterocycles. The number of carboxylic acids is 1. The lowest BCUT2D eigenvalue weighted by molar-refractivity contribution is 0.0688. The van der Waals surface area contributed by atoms with E-state index in [9.17, 15) is 19.5 Å². The van der Waals surface area contributed by atoms with Crippen molar-refractivity contribution in [2.45, 2.75) is 44.3 Å². The first-order chi connectivity index (χ1) is 24.1. The van der Waals surface area contributed by atoms with Crippen molar-refractivity contribution in [2.24, 2.45) is 24.6 Å². The first-order valence-corrected chi connectivity index (χ1v) is 16.8. The number of aryl methyl sites for hydroxylation is 1. The third-order valence-corrected chi connectivity index (χ3v) is 10.9. The number of likely N-dealkylation sites (tertiary alicyclic amines) is 1. The number of benzene rings is 2. The van der Waals surface area contributed by atoms with Crippen LogP contribution in [0.15, 0.2) is 53.5 Å². The number of H-pyrrole nitrogens is 1. The summed E-state index contributed by atoms with van der Waals surface area (Å²) in [7, 11) is 3.51. The summed E-state index contributed by atoms with van der Waals surface area (Å²) < 4.78 is 25.2. The summed E-state index contributed by atoms with van der Waals surface area (Å²) in [4.78, 5) is 52.9.